The summed E-state index contributed by atoms with van der Waals surface area (Å²) in [6.07, 6.45) is 2.53. The highest BCUT2D eigenvalue weighted by Crippen LogP contribution is 2.40. The minimum atomic E-state index is -0.373. The van der Waals surface area contributed by atoms with E-state index in [0.717, 1.165) is 30.0 Å². The number of benzene rings is 2. The first-order valence-electron chi connectivity index (χ1n) is 10.1. The molecule has 0 N–H and O–H groups in total. The summed E-state index contributed by atoms with van der Waals surface area (Å²) in [5.41, 5.74) is 1.78. The first-order valence-corrected chi connectivity index (χ1v) is 11.0. The van der Waals surface area contributed by atoms with Crippen LogP contribution in [0.5, 0.6) is 0 Å². The lowest BCUT2D eigenvalue weighted by Crippen LogP contribution is -2.37. The summed E-state index contributed by atoms with van der Waals surface area (Å²) < 4.78 is 1.90. The molecular weight excluding hydrogens is 394 g/mol. The zero-order valence-corrected chi connectivity index (χ0v) is 17.6. The zero-order valence-electron chi connectivity index (χ0n) is 16.8. The number of anilines is 1. The summed E-state index contributed by atoms with van der Waals surface area (Å²) in [5.74, 6) is 1.35. The number of carbonyl (C=O) groups excluding carboxylic acids is 1. The number of carbonyl (C=O) groups is 1. The van der Waals surface area contributed by atoms with E-state index in [0.29, 0.717) is 17.6 Å². The second-order valence-electron chi connectivity index (χ2n) is 7.27. The van der Waals surface area contributed by atoms with E-state index >= 15 is 0 Å². The SMILES string of the molecule is CC(Sc1nc(C2CC2)n(-c2ccccc2)n1)C(=O)N(CCC#N)c1ccccc1. The van der Waals surface area contributed by atoms with E-state index in [1.807, 2.05) is 72.3 Å². The van der Waals surface area contributed by atoms with Gasteiger partial charge < -0.3 is 4.90 Å². The van der Waals surface area contributed by atoms with Crippen molar-refractivity contribution in [3.05, 3.63) is 66.5 Å². The van der Waals surface area contributed by atoms with Crippen molar-refractivity contribution in [1.29, 1.82) is 5.26 Å². The van der Waals surface area contributed by atoms with Gasteiger partial charge in [0.05, 0.1) is 23.4 Å². The molecule has 1 aliphatic carbocycles. The highest BCUT2D eigenvalue weighted by molar-refractivity contribution is 8.00. The lowest BCUT2D eigenvalue weighted by Gasteiger charge is -2.24. The Morgan fingerprint density at radius 1 is 1.20 bits per heavy atom. The van der Waals surface area contributed by atoms with Crippen LogP contribution in [0, 0.1) is 11.3 Å². The molecule has 1 unspecified atom stereocenters. The average Bonchev–Trinajstić information content (AvgIpc) is 3.55. The molecule has 0 aliphatic heterocycles. The molecular formula is C23H23N5OS. The van der Waals surface area contributed by atoms with E-state index in [-0.39, 0.29) is 17.6 Å². The van der Waals surface area contributed by atoms with Crippen molar-refractivity contribution >= 4 is 23.4 Å². The molecule has 1 saturated carbocycles. The number of nitrogens with zero attached hydrogens (tertiary/aromatic N) is 5. The van der Waals surface area contributed by atoms with E-state index in [1.54, 1.807) is 4.90 Å². The molecule has 6 nitrogen and oxygen atoms in total. The fourth-order valence-electron chi connectivity index (χ4n) is 3.28. The molecule has 7 heteroatoms. The van der Waals surface area contributed by atoms with Crippen LogP contribution in [-0.4, -0.2) is 32.5 Å². The van der Waals surface area contributed by atoms with Gasteiger partial charge in [-0.25, -0.2) is 9.67 Å². The van der Waals surface area contributed by atoms with Crippen molar-refractivity contribution < 1.29 is 4.79 Å². The van der Waals surface area contributed by atoms with Crippen molar-refractivity contribution in [2.75, 3.05) is 11.4 Å². The first kappa shape index (κ1) is 20.2. The van der Waals surface area contributed by atoms with Gasteiger partial charge >= 0.3 is 0 Å². The molecule has 3 aromatic rings. The van der Waals surface area contributed by atoms with Gasteiger partial charge in [-0.15, -0.1) is 5.10 Å². The second kappa shape index (κ2) is 9.14. The summed E-state index contributed by atoms with van der Waals surface area (Å²) in [4.78, 5) is 19.6. The molecule has 2 aromatic carbocycles. The molecule has 1 amide bonds. The molecule has 1 atom stereocenters. The summed E-state index contributed by atoms with van der Waals surface area (Å²) in [6.45, 7) is 2.23. The topological polar surface area (TPSA) is 74.8 Å². The van der Waals surface area contributed by atoms with Gasteiger partial charge in [-0.05, 0) is 44.0 Å². The Hall–Kier alpha value is -3.11. The maximum atomic E-state index is 13.2. The van der Waals surface area contributed by atoms with Crippen molar-refractivity contribution in [2.24, 2.45) is 0 Å². The van der Waals surface area contributed by atoms with Gasteiger partial charge in [0.25, 0.3) is 0 Å². The molecule has 0 spiro atoms. The van der Waals surface area contributed by atoms with E-state index in [9.17, 15) is 4.79 Å². The highest BCUT2D eigenvalue weighted by Gasteiger charge is 2.31. The van der Waals surface area contributed by atoms with Gasteiger partial charge in [-0.1, -0.05) is 48.2 Å². The van der Waals surface area contributed by atoms with Gasteiger partial charge in [0.15, 0.2) is 0 Å². The van der Waals surface area contributed by atoms with Crippen LogP contribution in [0.15, 0.2) is 65.8 Å². The van der Waals surface area contributed by atoms with Crippen molar-refractivity contribution in [3.8, 4) is 11.8 Å². The minimum Gasteiger partial charge on any atom is -0.310 e. The Labute approximate surface area is 180 Å². The lowest BCUT2D eigenvalue weighted by molar-refractivity contribution is -0.117. The highest BCUT2D eigenvalue weighted by atomic mass is 32.2. The standard InChI is InChI=1S/C23H23N5OS/c1-17(22(29)27(16-8-15-24)19-9-4-2-5-10-19)30-23-25-21(18-13-14-18)28(26-23)20-11-6-3-7-12-20/h2-7,9-12,17-18H,8,13-14,16H2,1H3. The summed E-state index contributed by atoms with van der Waals surface area (Å²) >= 11 is 1.37. The average molecular weight is 418 g/mol. The maximum absolute atomic E-state index is 13.2. The Morgan fingerprint density at radius 3 is 2.50 bits per heavy atom. The predicted molar refractivity (Wildman–Crippen MR) is 118 cm³/mol. The summed E-state index contributed by atoms with van der Waals surface area (Å²) in [5, 5.41) is 13.9. The Kier molecular flexibility index (Phi) is 6.15. The molecule has 1 aromatic heterocycles. The Balaban J connectivity index is 1.55. The summed E-state index contributed by atoms with van der Waals surface area (Å²) in [7, 11) is 0. The molecule has 1 fully saturated rings. The molecule has 30 heavy (non-hydrogen) atoms. The predicted octanol–water partition coefficient (Wildman–Crippen LogP) is 4.57. The molecule has 4 rings (SSSR count). The van der Waals surface area contributed by atoms with Crippen LogP contribution in [0.25, 0.3) is 5.69 Å². The van der Waals surface area contributed by atoms with Crippen LogP contribution in [0.4, 0.5) is 5.69 Å². The van der Waals surface area contributed by atoms with Crippen LogP contribution in [0.1, 0.15) is 37.9 Å². The van der Waals surface area contributed by atoms with E-state index < -0.39 is 0 Å². The van der Waals surface area contributed by atoms with Crippen LogP contribution in [0.3, 0.4) is 0 Å². The first-order chi connectivity index (χ1) is 14.7. The fourth-order valence-corrected chi connectivity index (χ4v) is 4.10. The minimum absolute atomic E-state index is 0.0505. The Morgan fingerprint density at radius 2 is 1.87 bits per heavy atom. The number of amides is 1. The van der Waals surface area contributed by atoms with Crippen molar-refractivity contribution in [2.45, 2.75) is 42.5 Å². The number of rotatable bonds is 8. The molecule has 0 bridgehead atoms. The van der Waals surface area contributed by atoms with Crippen LogP contribution in [0.2, 0.25) is 0 Å². The number of thioether (sulfide) groups is 1. The lowest BCUT2D eigenvalue weighted by atomic mass is 10.2. The number of aromatic nitrogens is 3. The number of nitriles is 1. The third-order valence-corrected chi connectivity index (χ3v) is 5.91. The maximum Gasteiger partial charge on any atom is 0.240 e. The number of hydrogen-bond donors (Lipinski definition) is 0. The van der Waals surface area contributed by atoms with Gasteiger partial charge in [-0.3, -0.25) is 4.79 Å². The van der Waals surface area contributed by atoms with Gasteiger partial charge in [0.1, 0.15) is 5.82 Å². The van der Waals surface area contributed by atoms with Crippen LogP contribution in [-0.2, 0) is 4.79 Å². The smallest absolute Gasteiger partial charge is 0.240 e. The second-order valence-corrected chi connectivity index (χ2v) is 8.58. The van der Waals surface area contributed by atoms with Gasteiger partial charge in [0, 0.05) is 18.2 Å². The fraction of sp³-hybridized carbons (Fsp3) is 0.304. The third kappa shape index (κ3) is 4.55. The van der Waals surface area contributed by atoms with E-state index in [1.165, 1.54) is 11.8 Å². The van der Waals surface area contributed by atoms with Gasteiger partial charge in [0.2, 0.25) is 11.1 Å². The molecule has 1 heterocycles. The van der Waals surface area contributed by atoms with E-state index in [2.05, 4.69) is 6.07 Å². The number of hydrogen-bond acceptors (Lipinski definition) is 5. The normalized spacial score (nSPS) is 14.1. The zero-order chi connectivity index (χ0) is 20.9. The molecule has 0 radical (unpaired) electrons. The van der Waals surface area contributed by atoms with Crippen LogP contribution < -0.4 is 4.90 Å². The van der Waals surface area contributed by atoms with Crippen LogP contribution >= 0.6 is 11.8 Å². The summed E-state index contributed by atoms with van der Waals surface area (Å²) in [6, 6.07) is 21.6. The third-order valence-electron chi connectivity index (χ3n) is 4.97. The molecule has 152 valence electrons. The Bertz CT molecular complexity index is 1040. The van der Waals surface area contributed by atoms with Gasteiger partial charge in [-0.2, -0.15) is 5.26 Å². The monoisotopic (exact) mass is 417 g/mol. The van der Waals surface area contributed by atoms with Crippen molar-refractivity contribution in [1.82, 2.24) is 14.8 Å². The molecule has 0 saturated heterocycles. The van der Waals surface area contributed by atoms with Crippen molar-refractivity contribution in [3.63, 3.8) is 0 Å². The quantitative estimate of drug-likeness (QED) is 0.502. The number of para-hydroxylation sites is 2. The van der Waals surface area contributed by atoms with E-state index in [4.69, 9.17) is 15.3 Å². The largest absolute Gasteiger partial charge is 0.310 e. The molecule has 1 aliphatic rings.